The predicted molar refractivity (Wildman–Crippen MR) is 49.2 cm³/mol. The van der Waals surface area contributed by atoms with E-state index >= 15 is 0 Å². The van der Waals surface area contributed by atoms with Crippen molar-refractivity contribution >= 4 is 0 Å². The minimum atomic E-state index is -0.745. The van der Waals surface area contributed by atoms with E-state index < -0.39 is 6.10 Å². The second-order valence-corrected chi connectivity index (χ2v) is 2.84. The zero-order chi connectivity index (χ0) is 10.4. The number of halogens is 1. The van der Waals surface area contributed by atoms with Gasteiger partial charge in [-0.15, -0.1) is 0 Å². The maximum absolute atomic E-state index is 12.5. The molecule has 3 nitrogen and oxygen atoms in total. The second-order valence-electron chi connectivity index (χ2n) is 2.84. The van der Waals surface area contributed by atoms with Crippen LogP contribution in [0.3, 0.4) is 0 Å². The van der Waals surface area contributed by atoms with Gasteiger partial charge in [0.15, 0.2) is 0 Å². The van der Waals surface area contributed by atoms with E-state index in [1.807, 2.05) is 0 Å². The number of benzene rings is 1. The van der Waals surface area contributed by atoms with E-state index in [0.717, 1.165) is 0 Å². The Morgan fingerprint density at radius 1 is 1.36 bits per heavy atom. The predicted octanol–water partition coefficient (Wildman–Crippen LogP) is 1.48. The SMILES string of the molecule is COCOCC(O)c1ccc(F)cc1. The monoisotopic (exact) mass is 200 g/mol. The third-order valence-corrected chi connectivity index (χ3v) is 1.73. The minimum absolute atomic E-state index is 0.137. The third kappa shape index (κ3) is 3.41. The minimum Gasteiger partial charge on any atom is -0.386 e. The highest BCUT2D eigenvalue weighted by Crippen LogP contribution is 2.13. The van der Waals surface area contributed by atoms with Crippen molar-refractivity contribution in [1.82, 2.24) is 0 Å². The third-order valence-electron chi connectivity index (χ3n) is 1.73. The van der Waals surface area contributed by atoms with Gasteiger partial charge in [-0.25, -0.2) is 4.39 Å². The molecule has 0 aliphatic rings. The number of aliphatic hydroxyl groups excluding tert-OH is 1. The first-order chi connectivity index (χ1) is 6.74. The molecule has 0 aliphatic heterocycles. The quantitative estimate of drug-likeness (QED) is 0.578. The topological polar surface area (TPSA) is 38.7 Å². The van der Waals surface area contributed by atoms with Crippen molar-refractivity contribution in [1.29, 1.82) is 0 Å². The molecule has 14 heavy (non-hydrogen) atoms. The average Bonchev–Trinajstić information content (AvgIpc) is 2.19. The fourth-order valence-electron chi connectivity index (χ4n) is 1.02. The van der Waals surface area contributed by atoms with Crippen molar-refractivity contribution in [2.75, 3.05) is 20.5 Å². The summed E-state index contributed by atoms with van der Waals surface area (Å²) in [5.41, 5.74) is 0.627. The van der Waals surface area contributed by atoms with Crippen molar-refractivity contribution in [2.24, 2.45) is 0 Å². The Morgan fingerprint density at radius 3 is 2.57 bits per heavy atom. The van der Waals surface area contributed by atoms with E-state index in [9.17, 15) is 9.50 Å². The van der Waals surface area contributed by atoms with Gasteiger partial charge in [0.1, 0.15) is 18.7 Å². The van der Waals surface area contributed by atoms with Gasteiger partial charge in [-0.05, 0) is 17.7 Å². The summed E-state index contributed by atoms with van der Waals surface area (Å²) in [6.07, 6.45) is -0.745. The van der Waals surface area contributed by atoms with Gasteiger partial charge in [-0.3, -0.25) is 0 Å². The van der Waals surface area contributed by atoms with Crippen LogP contribution < -0.4 is 0 Å². The van der Waals surface area contributed by atoms with E-state index in [1.165, 1.54) is 31.4 Å². The van der Waals surface area contributed by atoms with E-state index in [4.69, 9.17) is 4.74 Å². The number of hydrogen-bond acceptors (Lipinski definition) is 3. The molecule has 1 rings (SSSR count). The fourth-order valence-corrected chi connectivity index (χ4v) is 1.02. The number of ether oxygens (including phenoxy) is 2. The van der Waals surface area contributed by atoms with E-state index in [0.29, 0.717) is 5.56 Å². The molecule has 1 unspecified atom stereocenters. The lowest BCUT2D eigenvalue weighted by Gasteiger charge is -2.10. The summed E-state index contributed by atoms with van der Waals surface area (Å²) in [6, 6.07) is 5.65. The van der Waals surface area contributed by atoms with Gasteiger partial charge in [0.05, 0.1) is 6.61 Å². The summed E-state index contributed by atoms with van der Waals surface area (Å²) in [6.45, 7) is 0.276. The molecule has 0 fully saturated rings. The molecule has 0 saturated heterocycles. The van der Waals surface area contributed by atoms with Gasteiger partial charge in [-0.2, -0.15) is 0 Å². The molecule has 1 atom stereocenters. The number of hydrogen-bond donors (Lipinski definition) is 1. The highest BCUT2D eigenvalue weighted by atomic mass is 19.1. The zero-order valence-corrected chi connectivity index (χ0v) is 7.94. The zero-order valence-electron chi connectivity index (χ0n) is 7.94. The molecule has 4 heteroatoms. The molecule has 0 aliphatic carbocycles. The standard InChI is InChI=1S/C10H13FO3/c1-13-7-14-6-10(12)8-2-4-9(11)5-3-8/h2-5,10,12H,6-7H2,1H3. The van der Waals surface area contributed by atoms with Gasteiger partial charge >= 0.3 is 0 Å². The first-order valence-corrected chi connectivity index (χ1v) is 4.24. The average molecular weight is 200 g/mol. The molecule has 0 spiro atoms. The van der Waals surface area contributed by atoms with Crippen molar-refractivity contribution in [3.8, 4) is 0 Å². The largest absolute Gasteiger partial charge is 0.386 e. The number of methoxy groups -OCH3 is 1. The molecule has 0 heterocycles. The van der Waals surface area contributed by atoms with Crippen LogP contribution in [-0.2, 0) is 9.47 Å². The Balaban J connectivity index is 2.43. The summed E-state index contributed by atoms with van der Waals surface area (Å²) in [5, 5.41) is 9.54. The van der Waals surface area contributed by atoms with Crippen molar-refractivity contribution < 1.29 is 19.0 Å². The molecule has 0 amide bonds. The van der Waals surface area contributed by atoms with Crippen LogP contribution in [0.15, 0.2) is 24.3 Å². The summed E-state index contributed by atoms with van der Waals surface area (Å²) < 4.78 is 22.1. The Kier molecular flexibility index (Phi) is 4.52. The van der Waals surface area contributed by atoms with Crippen LogP contribution in [0.4, 0.5) is 4.39 Å². The summed E-state index contributed by atoms with van der Waals surface area (Å²) in [5.74, 6) is -0.321. The van der Waals surface area contributed by atoms with E-state index in [-0.39, 0.29) is 19.2 Å². The maximum Gasteiger partial charge on any atom is 0.146 e. The molecule has 0 saturated carbocycles. The molecular formula is C10H13FO3. The van der Waals surface area contributed by atoms with Crippen LogP contribution >= 0.6 is 0 Å². The lowest BCUT2D eigenvalue weighted by molar-refractivity contribution is -0.0621. The molecule has 1 aromatic carbocycles. The summed E-state index contributed by atoms with van der Waals surface area (Å²) in [7, 11) is 1.50. The molecule has 78 valence electrons. The Hall–Kier alpha value is -0.970. The van der Waals surface area contributed by atoms with Crippen molar-refractivity contribution in [2.45, 2.75) is 6.10 Å². The lowest BCUT2D eigenvalue weighted by Crippen LogP contribution is -2.08. The van der Waals surface area contributed by atoms with Crippen LogP contribution in [0, 0.1) is 5.82 Å². The summed E-state index contributed by atoms with van der Waals surface area (Å²) >= 11 is 0. The normalized spacial score (nSPS) is 12.8. The second kappa shape index (κ2) is 5.70. The van der Waals surface area contributed by atoms with Crippen LogP contribution in [0.2, 0.25) is 0 Å². The van der Waals surface area contributed by atoms with E-state index in [1.54, 1.807) is 0 Å². The Bertz CT molecular complexity index is 261. The Labute approximate surface area is 82.1 Å². The summed E-state index contributed by atoms with van der Waals surface area (Å²) in [4.78, 5) is 0. The van der Waals surface area contributed by atoms with Gasteiger partial charge in [-0.1, -0.05) is 12.1 Å². The van der Waals surface area contributed by atoms with Gasteiger partial charge < -0.3 is 14.6 Å². The van der Waals surface area contributed by atoms with Crippen LogP contribution in [0.1, 0.15) is 11.7 Å². The first kappa shape index (κ1) is 11.1. The van der Waals surface area contributed by atoms with Gasteiger partial charge in [0.25, 0.3) is 0 Å². The number of rotatable bonds is 5. The van der Waals surface area contributed by atoms with Crippen molar-refractivity contribution in [3.05, 3.63) is 35.6 Å². The highest BCUT2D eigenvalue weighted by molar-refractivity contribution is 5.18. The van der Waals surface area contributed by atoms with Gasteiger partial charge in [0, 0.05) is 7.11 Å². The molecule has 0 bridgehead atoms. The maximum atomic E-state index is 12.5. The molecular weight excluding hydrogens is 187 g/mol. The Morgan fingerprint density at radius 2 is 2.00 bits per heavy atom. The fraction of sp³-hybridized carbons (Fsp3) is 0.400. The van der Waals surface area contributed by atoms with Crippen LogP contribution in [0.25, 0.3) is 0 Å². The first-order valence-electron chi connectivity index (χ1n) is 4.24. The molecule has 0 radical (unpaired) electrons. The smallest absolute Gasteiger partial charge is 0.146 e. The molecule has 1 aromatic rings. The van der Waals surface area contributed by atoms with Crippen LogP contribution in [-0.4, -0.2) is 25.6 Å². The number of aliphatic hydroxyl groups is 1. The molecule has 1 N–H and O–H groups in total. The molecule has 0 aromatic heterocycles. The van der Waals surface area contributed by atoms with Crippen LogP contribution in [0.5, 0.6) is 0 Å². The van der Waals surface area contributed by atoms with E-state index in [2.05, 4.69) is 4.74 Å². The van der Waals surface area contributed by atoms with Gasteiger partial charge in [0.2, 0.25) is 0 Å². The van der Waals surface area contributed by atoms with Crippen molar-refractivity contribution in [3.63, 3.8) is 0 Å². The highest BCUT2D eigenvalue weighted by Gasteiger charge is 2.06. The lowest BCUT2D eigenvalue weighted by atomic mass is 10.1.